The highest BCUT2D eigenvalue weighted by Crippen LogP contribution is 2.36. The summed E-state index contributed by atoms with van der Waals surface area (Å²) in [6, 6.07) is 7.29. The maximum atomic E-state index is 12.3. The molecule has 1 saturated carbocycles. The Morgan fingerprint density at radius 3 is 2.78 bits per heavy atom. The van der Waals surface area contributed by atoms with Crippen molar-refractivity contribution in [3.8, 4) is 0 Å². The van der Waals surface area contributed by atoms with Crippen LogP contribution in [0.2, 0.25) is 0 Å². The van der Waals surface area contributed by atoms with Crippen molar-refractivity contribution in [1.29, 1.82) is 0 Å². The summed E-state index contributed by atoms with van der Waals surface area (Å²) in [6.07, 6.45) is 10.0. The fraction of sp³-hybridized carbons (Fsp3) is 0.632. The molecule has 23 heavy (non-hydrogen) atoms. The van der Waals surface area contributed by atoms with E-state index in [-0.39, 0.29) is 11.9 Å². The molecule has 1 unspecified atom stereocenters. The van der Waals surface area contributed by atoms with E-state index in [0.717, 1.165) is 31.6 Å². The number of nitrogens with zero attached hydrogens (tertiary/aromatic N) is 1. The van der Waals surface area contributed by atoms with Crippen molar-refractivity contribution in [1.82, 2.24) is 5.32 Å². The molecule has 0 bridgehead atoms. The van der Waals surface area contributed by atoms with E-state index in [1.807, 2.05) is 0 Å². The van der Waals surface area contributed by atoms with Gasteiger partial charge in [0.05, 0.1) is 11.4 Å². The quantitative estimate of drug-likeness (QED) is 0.898. The Balaban J connectivity index is 1.47. The first-order valence-electron chi connectivity index (χ1n) is 9.25. The van der Waals surface area contributed by atoms with Gasteiger partial charge in [0.25, 0.3) is 0 Å². The van der Waals surface area contributed by atoms with Gasteiger partial charge in [-0.25, -0.2) is 0 Å². The van der Waals surface area contributed by atoms with E-state index in [0.29, 0.717) is 6.04 Å². The van der Waals surface area contributed by atoms with Gasteiger partial charge in [-0.15, -0.1) is 0 Å². The maximum absolute atomic E-state index is 12.3. The average Bonchev–Trinajstić information content (AvgIpc) is 2.61. The van der Waals surface area contributed by atoms with Gasteiger partial charge in [0.2, 0.25) is 5.91 Å². The summed E-state index contributed by atoms with van der Waals surface area (Å²) in [4.78, 5) is 14.6. The molecule has 4 nitrogen and oxygen atoms in total. The first-order valence-corrected chi connectivity index (χ1v) is 9.25. The normalized spacial score (nSPS) is 24.8. The molecular formula is C19H27N3O. The summed E-state index contributed by atoms with van der Waals surface area (Å²) in [5.41, 5.74) is 3.47. The predicted octanol–water partition coefficient (Wildman–Crippen LogP) is 3.42. The lowest BCUT2D eigenvalue weighted by atomic mass is 9.95. The number of benzene rings is 1. The molecule has 0 spiro atoms. The number of nitrogens with one attached hydrogen (secondary N) is 2. The number of hydrogen-bond acceptors (Lipinski definition) is 3. The Bertz CT molecular complexity index is 580. The van der Waals surface area contributed by atoms with E-state index < -0.39 is 0 Å². The number of rotatable bonds is 3. The van der Waals surface area contributed by atoms with Crippen LogP contribution in [-0.2, 0) is 11.3 Å². The van der Waals surface area contributed by atoms with Crippen molar-refractivity contribution in [2.24, 2.45) is 0 Å². The highest BCUT2D eigenvalue weighted by Gasteiger charge is 2.34. The Morgan fingerprint density at radius 2 is 1.91 bits per heavy atom. The van der Waals surface area contributed by atoms with Crippen molar-refractivity contribution in [2.45, 2.75) is 70.0 Å². The number of hydrogen-bond donors (Lipinski definition) is 2. The van der Waals surface area contributed by atoms with Crippen LogP contribution in [0.1, 0.15) is 56.9 Å². The van der Waals surface area contributed by atoms with Crippen LogP contribution < -0.4 is 15.5 Å². The SMILES string of the molecule is O=C1Nc2cc(CNC3CCCCC3)ccc2N2CCCCC12. The molecular weight excluding hydrogens is 286 g/mol. The minimum absolute atomic E-state index is 0.0439. The summed E-state index contributed by atoms with van der Waals surface area (Å²) in [6.45, 7) is 1.90. The van der Waals surface area contributed by atoms with Gasteiger partial charge < -0.3 is 15.5 Å². The first kappa shape index (κ1) is 15.0. The third kappa shape index (κ3) is 3.09. The zero-order valence-electron chi connectivity index (χ0n) is 13.8. The zero-order valence-corrected chi connectivity index (χ0v) is 13.8. The molecule has 1 aliphatic carbocycles. The smallest absolute Gasteiger partial charge is 0.247 e. The Kier molecular flexibility index (Phi) is 4.25. The molecule has 2 N–H and O–H groups in total. The molecule has 0 radical (unpaired) electrons. The van der Waals surface area contributed by atoms with Gasteiger partial charge in [-0.3, -0.25) is 4.79 Å². The fourth-order valence-electron chi connectivity index (χ4n) is 4.32. The molecule has 1 amide bonds. The number of anilines is 2. The van der Waals surface area contributed by atoms with Gasteiger partial charge >= 0.3 is 0 Å². The highest BCUT2D eigenvalue weighted by atomic mass is 16.2. The summed E-state index contributed by atoms with van der Waals surface area (Å²) in [5.74, 6) is 0.176. The van der Waals surface area contributed by atoms with E-state index in [1.165, 1.54) is 49.8 Å². The van der Waals surface area contributed by atoms with Crippen LogP contribution in [0.4, 0.5) is 11.4 Å². The van der Waals surface area contributed by atoms with Crippen LogP contribution in [0, 0.1) is 0 Å². The lowest BCUT2D eigenvalue weighted by Gasteiger charge is -2.41. The van der Waals surface area contributed by atoms with Crippen molar-refractivity contribution in [3.05, 3.63) is 23.8 Å². The van der Waals surface area contributed by atoms with E-state index in [1.54, 1.807) is 0 Å². The lowest BCUT2D eigenvalue weighted by Crippen LogP contribution is -2.50. The van der Waals surface area contributed by atoms with Crippen LogP contribution in [0.3, 0.4) is 0 Å². The third-order valence-corrected chi connectivity index (χ3v) is 5.63. The van der Waals surface area contributed by atoms with Crippen molar-refractivity contribution < 1.29 is 4.79 Å². The minimum atomic E-state index is 0.0439. The second kappa shape index (κ2) is 6.52. The topological polar surface area (TPSA) is 44.4 Å². The highest BCUT2D eigenvalue weighted by molar-refractivity contribution is 6.03. The molecule has 3 aliphatic rings. The lowest BCUT2D eigenvalue weighted by molar-refractivity contribution is -0.118. The van der Waals surface area contributed by atoms with Gasteiger partial charge in [-0.05, 0) is 49.8 Å². The summed E-state index contributed by atoms with van der Waals surface area (Å²) in [5, 5.41) is 6.81. The molecule has 0 aromatic heterocycles. The molecule has 4 heteroatoms. The number of piperidine rings is 1. The van der Waals surface area contributed by atoms with Gasteiger partial charge in [-0.1, -0.05) is 25.3 Å². The van der Waals surface area contributed by atoms with Crippen LogP contribution in [0.15, 0.2) is 18.2 Å². The second-order valence-corrected chi connectivity index (χ2v) is 7.26. The van der Waals surface area contributed by atoms with Gasteiger partial charge in [0.15, 0.2) is 0 Å². The van der Waals surface area contributed by atoms with Crippen LogP contribution in [0.25, 0.3) is 0 Å². The third-order valence-electron chi connectivity index (χ3n) is 5.63. The van der Waals surface area contributed by atoms with E-state index in [9.17, 15) is 4.79 Å². The van der Waals surface area contributed by atoms with E-state index in [4.69, 9.17) is 0 Å². The van der Waals surface area contributed by atoms with Crippen molar-refractivity contribution in [3.63, 3.8) is 0 Å². The molecule has 1 atom stereocenters. The molecule has 124 valence electrons. The Morgan fingerprint density at radius 1 is 1.09 bits per heavy atom. The number of fused-ring (bicyclic) bond motifs is 3. The fourth-order valence-corrected chi connectivity index (χ4v) is 4.32. The number of carbonyl (C=O) groups excluding carboxylic acids is 1. The van der Waals surface area contributed by atoms with Crippen LogP contribution in [-0.4, -0.2) is 24.5 Å². The average molecular weight is 313 g/mol. The van der Waals surface area contributed by atoms with E-state index >= 15 is 0 Å². The largest absolute Gasteiger partial charge is 0.358 e. The summed E-state index contributed by atoms with van der Waals surface area (Å²) < 4.78 is 0. The van der Waals surface area contributed by atoms with E-state index in [2.05, 4.69) is 33.7 Å². The monoisotopic (exact) mass is 313 g/mol. The van der Waals surface area contributed by atoms with Gasteiger partial charge in [0.1, 0.15) is 6.04 Å². The molecule has 2 fully saturated rings. The predicted molar refractivity (Wildman–Crippen MR) is 93.8 cm³/mol. The van der Waals surface area contributed by atoms with Crippen molar-refractivity contribution in [2.75, 3.05) is 16.8 Å². The number of carbonyl (C=O) groups is 1. The standard InChI is InChI=1S/C19H27N3O/c23-19-18-8-4-5-11-22(18)17-10-9-14(12-16(17)21-19)13-20-15-6-2-1-3-7-15/h9-10,12,15,18,20H,1-8,11,13H2,(H,21,23). The summed E-state index contributed by atoms with van der Waals surface area (Å²) in [7, 11) is 0. The van der Waals surface area contributed by atoms with Crippen LogP contribution in [0.5, 0.6) is 0 Å². The van der Waals surface area contributed by atoms with Crippen LogP contribution >= 0.6 is 0 Å². The molecule has 4 rings (SSSR count). The Labute approximate surface area is 138 Å². The minimum Gasteiger partial charge on any atom is -0.358 e. The molecule has 2 aliphatic heterocycles. The second-order valence-electron chi connectivity index (χ2n) is 7.26. The molecule has 1 aromatic rings. The van der Waals surface area contributed by atoms with Gasteiger partial charge in [-0.2, -0.15) is 0 Å². The molecule has 1 saturated heterocycles. The maximum Gasteiger partial charge on any atom is 0.247 e. The summed E-state index contributed by atoms with van der Waals surface area (Å²) >= 11 is 0. The van der Waals surface area contributed by atoms with Crippen molar-refractivity contribution >= 4 is 17.3 Å². The Hall–Kier alpha value is -1.55. The van der Waals surface area contributed by atoms with Gasteiger partial charge in [0, 0.05) is 19.1 Å². The first-order chi connectivity index (χ1) is 11.3. The zero-order chi connectivity index (χ0) is 15.6. The molecule has 1 aromatic carbocycles. The molecule has 2 heterocycles. The number of amides is 1.